The van der Waals surface area contributed by atoms with E-state index in [1.165, 1.54) is 17.7 Å². The van der Waals surface area contributed by atoms with E-state index in [1.807, 2.05) is 12.4 Å². The highest BCUT2D eigenvalue weighted by Gasteiger charge is 2.21. The molecule has 2 amide bonds. The van der Waals surface area contributed by atoms with Crippen LogP contribution in [0.5, 0.6) is 0 Å². The number of urea groups is 1. The zero-order valence-corrected chi connectivity index (χ0v) is 16.0. The maximum absolute atomic E-state index is 12.2. The van der Waals surface area contributed by atoms with E-state index in [0.29, 0.717) is 19.1 Å². The SMILES string of the molecule is CC1CCN([C@@H](C)CNC(=O)N(C)Cc2cc(Br)cs2)CC1. The molecule has 6 heteroatoms. The fraction of sp³-hybridized carbons (Fsp3) is 0.688. The molecular weight excluding hydrogens is 362 g/mol. The van der Waals surface area contributed by atoms with Crippen molar-refractivity contribution in [2.45, 2.75) is 39.3 Å². The Morgan fingerprint density at radius 2 is 2.23 bits per heavy atom. The highest BCUT2D eigenvalue weighted by molar-refractivity contribution is 9.10. The molecule has 4 nitrogen and oxygen atoms in total. The summed E-state index contributed by atoms with van der Waals surface area (Å²) >= 11 is 5.11. The number of nitrogens with one attached hydrogen (secondary N) is 1. The van der Waals surface area contributed by atoms with Crippen LogP contribution in [-0.2, 0) is 6.54 Å². The highest BCUT2D eigenvalue weighted by atomic mass is 79.9. The van der Waals surface area contributed by atoms with Gasteiger partial charge in [0.2, 0.25) is 0 Å². The maximum atomic E-state index is 12.2. The third kappa shape index (κ3) is 5.25. The van der Waals surface area contributed by atoms with Crippen molar-refractivity contribution < 1.29 is 4.79 Å². The van der Waals surface area contributed by atoms with Crippen molar-refractivity contribution in [2.24, 2.45) is 5.92 Å². The number of nitrogens with zero attached hydrogens (tertiary/aromatic N) is 2. The van der Waals surface area contributed by atoms with Gasteiger partial charge in [-0.25, -0.2) is 4.79 Å². The zero-order chi connectivity index (χ0) is 16.1. The van der Waals surface area contributed by atoms with E-state index in [9.17, 15) is 4.79 Å². The zero-order valence-electron chi connectivity index (χ0n) is 13.6. The van der Waals surface area contributed by atoms with Crippen LogP contribution in [0.3, 0.4) is 0 Å². The standard InChI is InChI=1S/C16H26BrN3OS/c1-12-4-6-20(7-5-12)13(2)9-18-16(21)19(3)10-15-8-14(17)11-22-15/h8,11-13H,4-7,9-10H2,1-3H3,(H,18,21)/t13-/m0/s1. The number of piperidine rings is 1. The summed E-state index contributed by atoms with van der Waals surface area (Å²) in [5, 5.41) is 5.10. The first-order valence-corrected chi connectivity index (χ1v) is 9.59. The second kappa shape index (κ2) is 8.31. The molecule has 0 aromatic carbocycles. The molecule has 1 aromatic rings. The topological polar surface area (TPSA) is 35.6 Å². The molecule has 22 heavy (non-hydrogen) atoms. The summed E-state index contributed by atoms with van der Waals surface area (Å²) in [7, 11) is 1.84. The predicted molar refractivity (Wildman–Crippen MR) is 96.3 cm³/mol. The fourth-order valence-electron chi connectivity index (χ4n) is 2.71. The number of amides is 2. The minimum absolute atomic E-state index is 0.00162. The lowest BCUT2D eigenvalue weighted by Gasteiger charge is -2.35. The number of thiophene rings is 1. The van der Waals surface area contributed by atoms with E-state index in [2.05, 4.69) is 46.1 Å². The molecule has 1 atom stereocenters. The first kappa shape index (κ1) is 17.8. The smallest absolute Gasteiger partial charge is 0.317 e. The van der Waals surface area contributed by atoms with Gasteiger partial charge in [0.25, 0.3) is 0 Å². The number of likely N-dealkylation sites (tertiary alicyclic amines) is 1. The molecule has 1 saturated heterocycles. The second-order valence-electron chi connectivity index (χ2n) is 6.34. The van der Waals surface area contributed by atoms with Crippen molar-refractivity contribution in [1.82, 2.24) is 15.1 Å². The van der Waals surface area contributed by atoms with Crippen LogP contribution in [-0.4, -0.2) is 48.6 Å². The Morgan fingerprint density at radius 1 is 1.55 bits per heavy atom. The molecule has 0 spiro atoms. The number of hydrogen-bond acceptors (Lipinski definition) is 3. The van der Waals surface area contributed by atoms with Gasteiger partial charge in [-0.15, -0.1) is 11.3 Å². The largest absolute Gasteiger partial charge is 0.336 e. The molecule has 2 heterocycles. The van der Waals surface area contributed by atoms with Crippen molar-refractivity contribution in [3.05, 3.63) is 20.8 Å². The summed E-state index contributed by atoms with van der Waals surface area (Å²) in [6.45, 7) is 8.19. The lowest BCUT2D eigenvalue weighted by Crippen LogP contribution is -2.47. The van der Waals surface area contributed by atoms with Crippen molar-refractivity contribution in [1.29, 1.82) is 0 Å². The average molecular weight is 388 g/mol. The lowest BCUT2D eigenvalue weighted by molar-refractivity contribution is 0.142. The van der Waals surface area contributed by atoms with Crippen LogP contribution in [0.2, 0.25) is 0 Å². The minimum atomic E-state index is 0.00162. The number of carbonyl (C=O) groups excluding carboxylic acids is 1. The Morgan fingerprint density at radius 3 is 2.82 bits per heavy atom. The van der Waals surface area contributed by atoms with Gasteiger partial charge < -0.3 is 10.2 Å². The van der Waals surface area contributed by atoms with Gasteiger partial charge in [-0.2, -0.15) is 0 Å². The molecule has 124 valence electrons. The molecule has 1 aliphatic rings. The number of rotatable bonds is 5. The molecule has 1 aliphatic heterocycles. The van der Waals surface area contributed by atoms with E-state index < -0.39 is 0 Å². The molecule has 0 saturated carbocycles. The Hall–Kier alpha value is -0.590. The van der Waals surface area contributed by atoms with E-state index >= 15 is 0 Å². The normalized spacial score (nSPS) is 18.2. The Balaban J connectivity index is 1.72. The number of halogens is 1. The maximum Gasteiger partial charge on any atom is 0.317 e. The molecular formula is C16H26BrN3OS. The van der Waals surface area contributed by atoms with Gasteiger partial charge in [0.15, 0.2) is 0 Å². The van der Waals surface area contributed by atoms with Crippen LogP contribution in [0, 0.1) is 5.92 Å². The summed E-state index contributed by atoms with van der Waals surface area (Å²) in [4.78, 5) is 17.6. The average Bonchev–Trinajstić information content (AvgIpc) is 2.90. The molecule has 0 radical (unpaired) electrons. The third-order valence-corrected chi connectivity index (χ3v) is 6.03. The van der Waals surface area contributed by atoms with E-state index in [1.54, 1.807) is 16.2 Å². The van der Waals surface area contributed by atoms with Crippen molar-refractivity contribution in [3.8, 4) is 0 Å². The van der Waals surface area contributed by atoms with Crippen LogP contribution in [0.25, 0.3) is 0 Å². The van der Waals surface area contributed by atoms with Gasteiger partial charge >= 0.3 is 6.03 Å². The van der Waals surface area contributed by atoms with Gasteiger partial charge in [0.05, 0.1) is 6.54 Å². The fourth-order valence-corrected chi connectivity index (χ4v) is 4.21. The Bertz CT molecular complexity index is 485. The van der Waals surface area contributed by atoms with Crippen molar-refractivity contribution >= 4 is 33.3 Å². The third-order valence-electron chi connectivity index (χ3n) is 4.35. The summed E-state index contributed by atoms with van der Waals surface area (Å²) in [6.07, 6.45) is 2.54. The summed E-state index contributed by atoms with van der Waals surface area (Å²) < 4.78 is 1.08. The number of carbonyl (C=O) groups is 1. The van der Waals surface area contributed by atoms with Crippen molar-refractivity contribution in [2.75, 3.05) is 26.7 Å². The van der Waals surface area contributed by atoms with Crippen LogP contribution in [0.1, 0.15) is 31.6 Å². The van der Waals surface area contributed by atoms with E-state index in [4.69, 9.17) is 0 Å². The van der Waals surface area contributed by atoms with Gasteiger partial charge in [-0.1, -0.05) is 6.92 Å². The van der Waals surface area contributed by atoms with Crippen LogP contribution in [0.15, 0.2) is 15.9 Å². The van der Waals surface area contributed by atoms with E-state index in [0.717, 1.165) is 23.5 Å². The van der Waals surface area contributed by atoms with Crippen LogP contribution < -0.4 is 5.32 Å². The second-order valence-corrected chi connectivity index (χ2v) is 8.25. The van der Waals surface area contributed by atoms with Gasteiger partial charge in [0, 0.05) is 34.4 Å². The summed E-state index contributed by atoms with van der Waals surface area (Å²) in [6, 6.07) is 2.47. The van der Waals surface area contributed by atoms with Gasteiger partial charge in [-0.05, 0) is 60.8 Å². The monoisotopic (exact) mass is 387 g/mol. The Kier molecular flexibility index (Phi) is 6.71. The predicted octanol–water partition coefficient (Wildman–Crippen LogP) is 3.77. The molecule has 2 rings (SSSR count). The highest BCUT2D eigenvalue weighted by Crippen LogP contribution is 2.21. The van der Waals surface area contributed by atoms with Gasteiger partial charge in [-0.3, -0.25) is 4.90 Å². The van der Waals surface area contributed by atoms with Crippen LogP contribution >= 0.6 is 27.3 Å². The quantitative estimate of drug-likeness (QED) is 0.834. The summed E-state index contributed by atoms with van der Waals surface area (Å²) in [5.74, 6) is 0.842. The molecule has 1 N–H and O–H groups in total. The molecule has 1 fully saturated rings. The lowest BCUT2D eigenvalue weighted by atomic mass is 9.98. The van der Waals surface area contributed by atoms with Gasteiger partial charge in [0.1, 0.15) is 0 Å². The molecule has 0 bridgehead atoms. The van der Waals surface area contributed by atoms with Crippen LogP contribution in [0.4, 0.5) is 4.79 Å². The molecule has 0 aliphatic carbocycles. The minimum Gasteiger partial charge on any atom is -0.336 e. The first-order chi connectivity index (χ1) is 10.5. The van der Waals surface area contributed by atoms with Crippen molar-refractivity contribution in [3.63, 3.8) is 0 Å². The summed E-state index contributed by atoms with van der Waals surface area (Å²) in [5.41, 5.74) is 0. The first-order valence-electron chi connectivity index (χ1n) is 7.91. The Labute approximate surface area is 146 Å². The number of hydrogen-bond donors (Lipinski definition) is 1. The molecule has 0 unspecified atom stereocenters. The van der Waals surface area contributed by atoms with E-state index in [-0.39, 0.29) is 6.03 Å². The molecule has 1 aromatic heterocycles.